The van der Waals surface area contributed by atoms with Gasteiger partial charge in [-0.1, -0.05) is 55.5 Å². The van der Waals surface area contributed by atoms with Crippen LogP contribution in [0.5, 0.6) is 0 Å². The molecule has 3 aromatic rings. The fraction of sp³-hybridized carbons (Fsp3) is 0.308. The van der Waals surface area contributed by atoms with Crippen LogP contribution in [-0.2, 0) is 11.3 Å². The van der Waals surface area contributed by atoms with Crippen LogP contribution in [0.1, 0.15) is 18.7 Å². The Kier molecular flexibility index (Phi) is 5.41. The van der Waals surface area contributed by atoms with Crippen molar-refractivity contribution in [2.45, 2.75) is 25.6 Å². The van der Waals surface area contributed by atoms with Crippen molar-refractivity contribution in [3.05, 3.63) is 88.8 Å². The first-order valence-corrected chi connectivity index (χ1v) is 11.2. The summed E-state index contributed by atoms with van der Waals surface area (Å²) in [6, 6.07) is 22.6. The lowest BCUT2D eigenvalue weighted by Gasteiger charge is -2.37. The Morgan fingerprint density at radius 2 is 1.72 bits per heavy atom. The largest absolute Gasteiger partial charge is 0.396 e. The third-order valence-corrected chi connectivity index (χ3v) is 6.96. The number of nitrogens with zero attached hydrogens (tertiary/aromatic N) is 2. The summed E-state index contributed by atoms with van der Waals surface area (Å²) in [7, 11) is 0. The number of carbonyl (C=O) groups is 1. The Labute approximate surface area is 187 Å². The van der Waals surface area contributed by atoms with E-state index < -0.39 is 5.92 Å². The molecule has 1 aromatic heterocycles. The molecule has 2 aliphatic rings. The molecular formula is C26H27N3O3. The second-order valence-electron chi connectivity index (χ2n) is 8.52. The summed E-state index contributed by atoms with van der Waals surface area (Å²) in [5.41, 5.74) is 3.08. The summed E-state index contributed by atoms with van der Waals surface area (Å²) in [4.78, 5) is 29.2. The highest BCUT2D eigenvalue weighted by Gasteiger charge is 2.55. The smallest absolute Gasteiger partial charge is 0.258 e. The molecular weight excluding hydrogens is 402 g/mol. The van der Waals surface area contributed by atoms with E-state index in [0.717, 1.165) is 23.5 Å². The summed E-state index contributed by atoms with van der Waals surface area (Å²) in [5, 5.41) is 13.3. The fourth-order valence-corrected chi connectivity index (χ4v) is 5.54. The lowest BCUT2D eigenvalue weighted by atomic mass is 9.86. The highest BCUT2D eigenvalue weighted by Crippen LogP contribution is 2.48. The predicted molar refractivity (Wildman–Crippen MR) is 124 cm³/mol. The van der Waals surface area contributed by atoms with Gasteiger partial charge in [0.2, 0.25) is 5.91 Å². The van der Waals surface area contributed by atoms with Gasteiger partial charge in [0.25, 0.3) is 5.56 Å². The predicted octanol–water partition coefficient (Wildman–Crippen LogP) is 3.14. The summed E-state index contributed by atoms with van der Waals surface area (Å²) < 4.78 is 1.82. The summed E-state index contributed by atoms with van der Waals surface area (Å²) in [6.07, 6.45) is 0. The van der Waals surface area contributed by atoms with E-state index in [1.807, 2.05) is 77.4 Å². The minimum atomic E-state index is -0.444. The highest BCUT2D eigenvalue weighted by atomic mass is 16.3. The second-order valence-corrected chi connectivity index (χ2v) is 8.52. The zero-order chi connectivity index (χ0) is 22.2. The molecule has 4 atom stereocenters. The number of rotatable bonds is 5. The van der Waals surface area contributed by atoms with Crippen LogP contribution in [0.15, 0.2) is 77.6 Å². The maximum Gasteiger partial charge on any atom is 0.258 e. The molecule has 6 heteroatoms. The number of amides is 1. The quantitative estimate of drug-likeness (QED) is 0.654. The van der Waals surface area contributed by atoms with Gasteiger partial charge in [-0.15, -0.1) is 0 Å². The van der Waals surface area contributed by atoms with E-state index in [1.165, 1.54) is 0 Å². The number of aromatic nitrogens is 1. The molecule has 1 saturated heterocycles. The lowest BCUT2D eigenvalue weighted by Crippen LogP contribution is -2.46. The molecule has 0 spiro atoms. The maximum absolute atomic E-state index is 13.5. The van der Waals surface area contributed by atoms with Gasteiger partial charge >= 0.3 is 0 Å². The van der Waals surface area contributed by atoms with Crippen LogP contribution in [0.2, 0.25) is 0 Å². The Bertz CT molecular complexity index is 1180. The Morgan fingerprint density at radius 1 is 1.03 bits per heavy atom. The van der Waals surface area contributed by atoms with Crippen LogP contribution < -0.4 is 10.9 Å². The van der Waals surface area contributed by atoms with Gasteiger partial charge in [-0.2, -0.15) is 0 Å². The first-order valence-electron chi connectivity index (χ1n) is 11.2. The number of aliphatic hydroxyl groups excluding tert-OH is 1. The lowest BCUT2D eigenvalue weighted by molar-refractivity contribution is -0.122. The van der Waals surface area contributed by atoms with Crippen molar-refractivity contribution in [1.29, 1.82) is 0 Å². The van der Waals surface area contributed by atoms with Crippen molar-refractivity contribution in [2.24, 2.45) is 11.8 Å². The van der Waals surface area contributed by atoms with Gasteiger partial charge in [0.05, 0.1) is 12.0 Å². The zero-order valence-electron chi connectivity index (χ0n) is 18.0. The standard InChI is InChI=1S/C26H27N3O3/c1-2-28-22-15-29-21(14-13-19(26(29)32)17-9-5-3-6-10-17)24(28)23(20(22)16-30)25(31)27-18-11-7-4-8-12-18/h3-14,20,22-24,30H,2,15-16H2,1H3,(H,27,31)/t20-,22-,23+,24+/m1/s1. The van der Waals surface area contributed by atoms with Crippen molar-refractivity contribution < 1.29 is 9.90 Å². The van der Waals surface area contributed by atoms with Gasteiger partial charge in [0.15, 0.2) is 0 Å². The fourth-order valence-electron chi connectivity index (χ4n) is 5.54. The molecule has 5 rings (SSSR count). The third-order valence-electron chi connectivity index (χ3n) is 6.96. The number of nitrogens with one attached hydrogen (secondary N) is 1. The van der Waals surface area contributed by atoms with Crippen LogP contribution >= 0.6 is 0 Å². The number of hydrogen-bond acceptors (Lipinski definition) is 4. The van der Waals surface area contributed by atoms with Crippen molar-refractivity contribution in [3.8, 4) is 11.1 Å². The van der Waals surface area contributed by atoms with Crippen molar-refractivity contribution in [2.75, 3.05) is 18.5 Å². The van der Waals surface area contributed by atoms with E-state index >= 15 is 0 Å². The number of aliphatic hydroxyl groups is 1. The number of carbonyl (C=O) groups excluding carboxylic acids is 1. The minimum absolute atomic E-state index is 0.0414. The first kappa shape index (κ1) is 20.7. The van der Waals surface area contributed by atoms with E-state index in [2.05, 4.69) is 17.1 Å². The number of likely N-dealkylation sites (N-methyl/N-ethyl adjacent to an activating group) is 1. The van der Waals surface area contributed by atoms with Crippen molar-refractivity contribution >= 4 is 11.6 Å². The highest BCUT2D eigenvalue weighted by molar-refractivity contribution is 5.93. The van der Waals surface area contributed by atoms with E-state index in [1.54, 1.807) is 0 Å². The first-order chi connectivity index (χ1) is 15.6. The van der Waals surface area contributed by atoms with Crippen LogP contribution in [0.25, 0.3) is 11.1 Å². The van der Waals surface area contributed by atoms with Crippen LogP contribution in [0.3, 0.4) is 0 Å². The average molecular weight is 430 g/mol. The van der Waals surface area contributed by atoms with Gasteiger partial charge in [0, 0.05) is 42.1 Å². The summed E-state index contributed by atoms with van der Waals surface area (Å²) in [6.45, 7) is 3.19. The monoisotopic (exact) mass is 429 g/mol. The topological polar surface area (TPSA) is 74.6 Å². The molecule has 1 fully saturated rings. The van der Waals surface area contributed by atoms with Crippen LogP contribution in [0.4, 0.5) is 5.69 Å². The normalized spacial score (nSPS) is 24.2. The summed E-state index contributed by atoms with van der Waals surface area (Å²) >= 11 is 0. The molecule has 164 valence electrons. The number of fused-ring (bicyclic) bond motifs is 4. The summed E-state index contributed by atoms with van der Waals surface area (Å²) in [5.74, 6) is -0.807. The van der Waals surface area contributed by atoms with Crippen molar-refractivity contribution in [1.82, 2.24) is 9.47 Å². The van der Waals surface area contributed by atoms with Gasteiger partial charge in [-0.3, -0.25) is 14.5 Å². The van der Waals surface area contributed by atoms with E-state index in [4.69, 9.17) is 0 Å². The molecule has 32 heavy (non-hydrogen) atoms. The molecule has 3 heterocycles. The van der Waals surface area contributed by atoms with Crippen LogP contribution in [-0.4, -0.2) is 39.7 Å². The molecule has 6 nitrogen and oxygen atoms in total. The Balaban J connectivity index is 1.58. The second kappa shape index (κ2) is 8.37. The number of para-hydroxylation sites is 1. The number of anilines is 1. The molecule has 1 amide bonds. The molecule has 0 aliphatic carbocycles. The van der Waals surface area contributed by atoms with Gasteiger partial charge in [-0.05, 0) is 36.4 Å². The zero-order valence-corrected chi connectivity index (χ0v) is 18.0. The van der Waals surface area contributed by atoms with Gasteiger partial charge < -0.3 is 15.0 Å². The maximum atomic E-state index is 13.5. The van der Waals surface area contributed by atoms with E-state index in [0.29, 0.717) is 12.1 Å². The van der Waals surface area contributed by atoms with Crippen LogP contribution in [0, 0.1) is 11.8 Å². The number of hydrogen-bond donors (Lipinski definition) is 2. The van der Waals surface area contributed by atoms with E-state index in [9.17, 15) is 14.7 Å². The molecule has 2 N–H and O–H groups in total. The SMILES string of the molecule is CCN1[C@@H]2Cn3c(ccc(-c4ccccc4)c3=O)[C@H]1[C@@H](C(=O)Nc1ccccc1)[C@@H]2CO. The molecule has 2 bridgehead atoms. The molecule has 2 aromatic carbocycles. The van der Waals surface area contributed by atoms with E-state index in [-0.39, 0.29) is 36.1 Å². The Morgan fingerprint density at radius 3 is 2.38 bits per heavy atom. The molecule has 2 aliphatic heterocycles. The van der Waals surface area contributed by atoms with Gasteiger partial charge in [-0.25, -0.2) is 0 Å². The Hall–Kier alpha value is -3.22. The molecule has 0 saturated carbocycles. The molecule has 0 unspecified atom stereocenters. The average Bonchev–Trinajstić information content (AvgIpc) is 3.06. The number of pyridine rings is 1. The van der Waals surface area contributed by atoms with Gasteiger partial charge in [0.1, 0.15) is 0 Å². The molecule has 0 radical (unpaired) electrons. The third kappa shape index (κ3) is 3.27. The van der Waals surface area contributed by atoms with Crippen molar-refractivity contribution in [3.63, 3.8) is 0 Å². The minimum Gasteiger partial charge on any atom is -0.396 e. The number of benzene rings is 2.